The number of rotatable bonds is 4. The van der Waals surface area contributed by atoms with E-state index >= 15 is 0 Å². The molecular formula is C16H21N3O3. The number of benzene rings is 1. The molecule has 0 aromatic heterocycles. The Balaban J connectivity index is 2.49. The van der Waals surface area contributed by atoms with Gasteiger partial charge in [0.15, 0.2) is 0 Å². The summed E-state index contributed by atoms with van der Waals surface area (Å²) in [7, 11) is 2.81. The Morgan fingerprint density at radius 3 is 2.41 bits per heavy atom. The number of aryl methyl sites for hydroxylation is 1. The average Bonchev–Trinajstić information content (AvgIpc) is 3.35. The topological polar surface area (TPSA) is 86.3 Å². The third kappa shape index (κ3) is 3.44. The predicted molar refractivity (Wildman–Crippen MR) is 85.3 cm³/mol. The summed E-state index contributed by atoms with van der Waals surface area (Å²) in [6.07, 6.45) is 2.31. The van der Waals surface area contributed by atoms with Crippen molar-refractivity contribution >= 4 is 17.7 Å². The van der Waals surface area contributed by atoms with Crippen molar-refractivity contribution in [3.05, 3.63) is 34.4 Å². The van der Waals surface area contributed by atoms with Crippen LogP contribution in [0.5, 0.6) is 0 Å². The Bertz CT molecular complexity index is 646. The molecule has 0 atom stereocenters. The first-order chi connectivity index (χ1) is 10.5. The molecule has 1 aliphatic rings. The molecule has 0 amide bonds. The van der Waals surface area contributed by atoms with E-state index in [-0.39, 0.29) is 12.0 Å². The number of hydrogen-bond acceptors (Lipinski definition) is 5. The molecule has 1 aliphatic carbocycles. The number of carbonyl (C=O) groups excluding carboxylic acids is 1. The summed E-state index contributed by atoms with van der Waals surface area (Å²) in [5.41, 5.74) is 9.71. The van der Waals surface area contributed by atoms with E-state index in [1.807, 2.05) is 26.0 Å². The number of nitrogens with zero attached hydrogens (tertiary/aromatic N) is 2. The fraction of sp³-hybridized carbons (Fsp3) is 0.438. The van der Waals surface area contributed by atoms with Crippen LogP contribution in [0.1, 0.15) is 52.7 Å². The molecule has 6 nitrogen and oxygen atoms in total. The number of esters is 1. The van der Waals surface area contributed by atoms with Gasteiger partial charge < -0.3 is 15.2 Å². The van der Waals surface area contributed by atoms with Crippen molar-refractivity contribution in [3.8, 4) is 0 Å². The molecule has 0 saturated heterocycles. The second-order valence-electron chi connectivity index (χ2n) is 5.35. The molecule has 2 N–H and O–H groups in total. The van der Waals surface area contributed by atoms with Gasteiger partial charge in [-0.05, 0) is 49.8 Å². The van der Waals surface area contributed by atoms with Crippen molar-refractivity contribution in [2.24, 2.45) is 15.9 Å². The average molecular weight is 303 g/mol. The third-order valence-corrected chi connectivity index (χ3v) is 3.72. The van der Waals surface area contributed by atoms with Crippen LogP contribution in [0.2, 0.25) is 0 Å². The molecule has 0 aliphatic heterocycles. The van der Waals surface area contributed by atoms with E-state index in [1.165, 1.54) is 19.8 Å². The maximum absolute atomic E-state index is 11.9. The fourth-order valence-electron chi connectivity index (χ4n) is 2.32. The minimum Gasteiger partial charge on any atom is -0.467 e. The largest absolute Gasteiger partial charge is 0.467 e. The van der Waals surface area contributed by atoms with Crippen LogP contribution in [0.3, 0.4) is 0 Å². The van der Waals surface area contributed by atoms with Gasteiger partial charge in [0.25, 0.3) is 0 Å². The maximum Gasteiger partial charge on any atom is 0.338 e. The Kier molecular flexibility index (Phi) is 4.80. The van der Waals surface area contributed by atoms with Crippen LogP contribution >= 0.6 is 0 Å². The molecule has 22 heavy (non-hydrogen) atoms. The zero-order valence-electron chi connectivity index (χ0n) is 13.3. The molecule has 6 heteroatoms. The van der Waals surface area contributed by atoms with Gasteiger partial charge in [0.05, 0.1) is 25.5 Å². The van der Waals surface area contributed by atoms with Gasteiger partial charge >= 0.3 is 12.0 Å². The van der Waals surface area contributed by atoms with E-state index in [1.54, 1.807) is 0 Å². The lowest BCUT2D eigenvalue weighted by atomic mass is 9.94. The lowest BCUT2D eigenvalue weighted by Crippen LogP contribution is -2.13. The van der Waals surface area contributed by atoms with E-state index < -0.39 is 0 Å². The Hall–Kier alpha value is -2.37. The minimum absolute atomic E-state index is 0.00683. The Labute approximate surface area is 130 Å². The monoisotopic (exact) mass is 303 g/mol. The summed E-state index contributed by atoms with van der Waals surface area (Å²) in [5.74, 6) is 0.170. The number of amidine groups is 1. The number of carbonyl (C=O) groups is 1. The molecule has 1 aromatic rings. The number of methoxy groups -OCH3 is 2. The first-order valence-electron chi connectivity index (χ1n) is 7.12. The first kappa shape index (κ1) is 16.0. The van der Waals surface area contributed by atoms with Crippen LogP contribution in [0.25, 0.3) is 0 Å². The van der Waals surface area contributed by atoms with Crippen LogP contribution in [0, 0.1) is 6.92 Å². The summed E-state index contributed by atoms with van der Waals surface area (Å²) in [5, 5.41) is 7.90. The molecule has 0 unspecified atom stereocenters. The van der Waals surface area contributed by atoms with Crippen LogP contribution in [0.15, 0.2) is 22.3 Å². The molecule has 1 fully saturated rings. The molecule has 0 radical (unpaired) electrons. The quantitative estimate of drug-likeness (QED) is 0.400. The van der Waals surface area contributed by atoms with Gasteiger partial charge in [-0.3, -0.25) is 0 Å². The van der Waals surface area contributed by atoms with Crippen molar-refractivity contribution in [2.75, 3.05) is 14.2 Å². The van der Waals surface area contributed by atoms with Gasteiger partial charge in [-0.15, -0.1) is 0 Å². The molecule has 118 valence electrons. The highest BCUT2D eigenvalue weighted by Crippen LogP contribution is 2.42. The molecule has 0 spiro atoms. The van der Waals surface area contributed by atoms with E-state index in [0.717, 1.165) is 24.0 Å². The van der Waals surface area contributed by atoms with Crippen molar-refractivity contribution < 1.29 is 14.3 Å². The fourth-order valence-corrected chi connectivity index (χ4v) is 2.32. The highest BCUT2D eigenvalue weighted by atomic mass is 16.5. The molecular weight excluding hydrogens is 282 g/mol. The number of nitrogens with two attached hydrogens (primary N) is 1. The lowest BCUT2D eigenvalue weighted by molar-refractivity contribution is 0.0600. The van der Waals surface area contributed by atoms with E-state index in [4.69, 9.17) is 15.2 Å². The number of ether oxygens (including phenoxy) is 2. The number of hydrogen-bond donors (Lipinski definition) is 1. The van der Waals surface area contributed by atoms with Crippen LogP contribution in [-0.4, -0.2) is 31.9 Å². The SMILES string of the molecule is COC(=O)c1cc(/C(C)=N/N=C(\N)OC)c(C2CC2)cc1C. The van der Waals surface area contributed by atoms with Gasteiger partial charge in [0, 0.05) is 5.56 Å². The summed E-state index contributed by atoms with van der Waals surface area (Å²) < 4.78 is 9.61. The summed E-state index contributed by atoms with van der Waals surface area (Å²) in [6, 6.07) is 3.86. The molecule has 0 bridgehead atoms. The van der Waals surface area contributed by atoms with Crippen LogP contribution in [0.4, 0.5) is 0 Å². The Morgan fingerprint density at radius 2 is 1.86 bits per heavy atom. The zero-order chi connectivity index (χ0) is 16.3. The standard InChI is InChI=1S/C16H21N3O3/c1-9-7-14(11-5-6-11)13(8-12(9)15(20)21-3)10(2)18-19-16(17)22-4/h7-8,11H,5-6H2,1-4H3,(H2,17,19)/b18-10+. The zero-order valence-corrected chi connectivity index (χ0v) is 13.3. The highest BCUT2D eigenvalue weighted by Gasteiger charge is 2.28. The summed E-state index contributed by atoms with van der Waals surface area (Å²) in [6.45, 7) is 3.75. The van der Waals surface area contributed by atoms with Gasteiger partial charge in [-0.1, -0.05) is 11.2 Å². The normalized spacial score (nSPS) is 15.6. The molecule has 0 heterocycles. The first-order valence-corrected chi connectivity index (χ1v) is 7.12. The minimum atomic E-state index is -0.353. The summed E-state index contributed by atoms with van der Waals surface area (Å²) >= 11 is 0. The smallest absolute Gasteiger partial charge is 0.338 e. The van der Waals surface area contributed by atoms with Gasteiger partial charge in [0.2, 0.25) is 0 Å². The third-order valence-electron chi connectivity index (χ3n) is 3.72. The van der Waals surface area contributed by atoms with Crippen molar-refractivity contribution in [1.29, 1.82) is 0 Å². The van der Waals surface area contributed by atoms with Gasteiger partial charge in [0.1, 0.15) is 0 Å². The second kappa shape index (κ2) is 6.60. The van der Waals surface area contributed by atoms with E-state index in [2.05, 4.69) is 10.2 Å². The van der Waals surface area contributed by atoms with Gasteiger partial charge in [-0.25, -0.2) is 4.79 Å². The van der Waals surface area contributed by atoms with Crippen molar-refractivity contribution in [3.63, 3.8) is 0 Å². The van der Waals surface area contributed by atoms with E-state index in [9.17, 15) is 4.79 Å². The molecule has 2 rings (SSSR count). The van der Waals surface area contributed by atoms with Crippen molar-refractivity contribution in [1.82, 2.24) is 0 Å². The molecule has 1 saturated carbocycles. The second-order valence-corrected chi connectivity index (χ2v) is 5.35. The van der Waals surface area contributed by atoms with Crippen molar-refractivity contribution in [2.45, 2.75) is 32.6 Å². The lowest BCUT2D eigenvalue weighted by Gasteiger charge is -2.13. The Morgan fingerprint density at radius 1 is 1.18 bits per heavy atom. The van der Waals surface area contributed by atoms with Crippen LogP contribution in [-0.2, 0) is 9.47 Å². The summed E-state index contributed by atoms with van der Waals surface area (Å²) in [4.78, 5) is 11.9. The van der Waals surface area contributed by atoms with Crippen LogP contribution < -0.4 is 5.73 Å². The predicted octanol–water partition coefficient (Wildman–Crippen LogP) is 2.34. The highest BCUT2D eigenvalue weighted by molar-refractivity contribution is 6.03. The van der Waals surface area contributed by atoms with E-state index in [0.29, 0.717) is 17.2 Å². The maximum atomic E-state index is 11.9. The van der Waals surface area contributed by atoms with Gasteiger partial charge in [-0.2, -0.15) is 5.10 Å². The molecule has 1 aromatic carbocycles.